The first kappa shape index (κ1) is 13.0. The Kier molecular flexibility index (Phi) is 4.54. The topological polar surface area (TPSA) is 15.3 Å². The summed E-state index contributed by atoms with van der Waals surface area (Å²) in [5.41, 5.74) is 1.05. The molecule has 0 aromatic heterocycles. The van der Waals surface area contributed by atoms with E-state index in [1.165, 1.54) is 6.42 Å². The van der Waals surface area contributed by atoms with Gasteiger partial charge >= 0.3 is 0 Å². The first-order chi connectivity index (χ1) is 8.19. The Hall–Kier alpha value is -0.450. The zero-order valence-corrected chi connectivity index (χ0v) is 11.6. The van der Waals surface area contributed by atoms with Gasteiger partial charge in [-0.15, -0.1) is 0 Å². The number of nitrogens with zero attached hydrogens (tertiary/aromatic N) is 1. The molecule has 1 fully saturated rings. The summed E-state index contributed by atoms with van der Waals surface area (Å²) >= 11 is 3.18. The molecule has 1 N–H and O–H groups in total. The number of rotatable bonds is 4. The van der Waals surface area contributed by atoms with E-state index in [2.05, 4.69) is 26.1 Å². The highest BCUT2D eigenvalue weighted by atomic mass is 79.9. The third-order valence-electron chi connectivity index (χ3n) is 3.25. The average molecular weight is 301 g/mol. The Balaban J connectivity index is 1.91. The van der Waals surface area contributed by atoms with Gasteiger partial charge in [0.25, 0.3) is 0 Å². The van der Waals surface area contributed by atoms with Gasteiger partial charge in [-0.05, 0) is 66.1 Å². The van der Waals surface area contributed by atoms with Crippen molar-refractivity contribution in [1.29, 1.82) is 0 Å². The highest BCUT2D eigenvalue weighted by Crippen LogP contribution is 2.21. The number of likely N-dealkylation sites (tertiary alicyclic amines) is 1. The Labute approximate surface area is 110 Å². The largest absolute Gasteiger partial charge is 0.319 e. The van der Waals surface area contributed by atoms with E-state index >= 15 is 0 Å². The van der Waals surface area contributed by atoms with Crippen LogP contribution in [0.15, 0.2) is 22.7 Å². The second kappa shape index (κ2) is 5.94. The maximum Gasteiger partial charge on any atom is 0.137 e. The highest BCUT2D eigenvalue weighted by molar-refractivity contribution is 9.10. The minimum Gasteiger partial charge on any atom is -0.319 e. The summed E-state index contributed by atoms with van der Waals surface area (Å²) in [5.74, 6) is 0.564. The van der Waals surface area contributed by atoms with Crippen molar-refractivity contribution >= 4 is 15.9 Å². The molecular formula is C13H18BrFN2. The van der Waals surface area contributed by atoms with E-state index in [1.807, 2.05) is 13.1 Å². The molecule has 1 atom stereocenters. The van der Waals surface area contributed by atoms with Crippen LogP contribution in [0.25, 0.3) is 0 Å². The number of nitrogens with one attached hydrogen (secondary N) is 1. The first-order valence-electron chi connectivity index (χ1n) is 6.00. The van der Waals surface area contributed by atoms with Crippen molar-refractivity contribution in [2.24, 2.45) is 5.92 Å². The van der Waals surface area contributed by atoms with Gasteiger partial charge in [-0.2, -0.15) is 0 Å². The lowest BCUT2D eigenvalue weighted by Crippen LogP contribution is -2.24. The van der Waals surface area contributed by atoms with Gasteiger partial charge in [-0.25, -0.2) is 4.39 Å². The van der Waals surface area contributed by atoms with Crippen LogP contribution in [0.3, 0.4) is 0 Å². The highest BCUT2D eigenvalue weighted by Gasteiger charge is 2.21. The van der Waals surface area contributed by atoms with E-state index in [1.54, 1.807) is 12.1 Å². The first-order valence-corrected chi connectivity index (χ1v) is 6.79. The predicted molar refractivity (Wildman–Crippen MR) is 71.4 cm³/mol. The summed E-state index contributed by atoms with van der Waals surface area (Å²) in [6.45, 7) is 4.15. The standard InChI is InChI=1S/C13H18BrFN2/c1-16-7-11-4-5-17(9-11)8-10-2-3-12(14)13(15)6-10/h2-3,6,11,16H,4-5,7-9H2,1H3. The molecule has 0 bridgehead atoms. The molecule has 1 aromatic rings. The Bertz CT molecular complexity index is 384. The number of hydrogen-bond acceptors (Lipinski definition) is 2. The normalized spacial score (nSPS) is 21.0. The molecular weight excluding hydrogens is 283 g/mol. The molecule has 1 heterocycles. The van der Waals surface area contributed by atoms with Crippen molar-refractivity contribution in [3.8, 4) is 0 Å². The predicted octanol–water partition coefficient (Wildman–Crippen LogP) is 2.63. The zero-order valence-electron chi connectivity index (χ0n) is 10.0. The van der Waals surface area contributed by atoms with Crippen molar-refractivity contribution in [2.75, 3.05) is 26.7 Å². The molecule has 0 amide bonds. The Morgan fingerprint density at radius 1 is 1.53 bits per heavy atom. The van der Waals surface area contributed by atoms with Crippen LogP contribution < -0.4 is 5.32 Å². The minimum atomic E-state index is -0.173. The van der Waals surface area contributed by atoms with Crippen molar-refractivity contribution in [3.63, 3.8) is 0 Å². The fraction of sp³-hybridized carbons (Fsp3) is 0.538. The summed E-state index contributed by atoms with van der Waals surface area (Å²) in [5, 5.41) is 3.22. The molecule has 17 heavy (non-hydrogen) atoms. The SMILES string of the molecule is CNCC1CCN(Cc2ccc(Br)c(F)c2)C1. The molecule has 2 rings (SSSR count). The molecule has 1 aromatic carbocycles. The number of halogens is 2. The summed E-state index contributed by atoms with van der Waals surface area (Å²) in [7, 11) is 1.99. The zero-order chi connectivity index (χ0) is 12.3. The van der Waals surface area contributed by atoms with Gasteiger partial charge in [0, 0.05) is 13.1 Å². The van der Waals surface area contributed by atoms with Gasteiger partial charge in [0.1, 0.15) is 5.82 Å². The van der Waals surface area contributed by atoms with Gasteiger partial charge < -0.3 is 5.32 Å². The van der Waals surface area contributed by atoms with Crippen LogP contribution in [0, 0.1) is 11.7 Å². The third kappa shape index (κ3) is 3.50. The van der Waals surface area contributed by atoms with Crippen LogP contribution >= 0.6 is 15.9 Å². The summed E-state index contributed by atoms with van der Waals surface area (Å²) in [6, 6.07) is 5.39. The lowest BCUT2D eigenvalue weighted by Gasteiger charge is -2.16. The van der Waals surface area contributed by atoms with Crippen molar-refractivity contribution < 1.29 is 4.39 Å². The molecule has 0 spiro atoms. The van der Waals surface area contributed by atoms with Gasteiger partial charge in [0.2, 0.25) is 0 Å². The molecule has 1 aliphatic heterocycles. The Morgan fingerprint density at radius 2 is 2.35 bits per heavy atom. The smallest absolute Gasteiger partial charge is 0.137 e. The molecule has 1 saturated heterocycles. The molecule has 4 heteroatoms. The summed E-state index contributed by atoms with van der Waals surface area (Å²) in [4.78, 5) is 2.39. The molecule has 0 saturated carbocycles. The fourth-order valence-corrected chi connectivity index (χ4v) is 2.65. The van der Waals surface area contributed by atoms with Gasteiger partial charge in [-0.3, -0.25) is 4.90 Å². The average Bonchev–Trinajstić information content (AvgIpc) is 2.72. The van der Waals surface area contributed by atoms with E-state index in [9.17, 15) is 4.39 Å². The summed E-state index contributed by atoms with van der Waals surface area (Å²) < 4.78 is 13.9. The van der Waals surface area contributed by atoms with E-state index in [-0.39, 0.29) is 5.82 Å². The molecule has 94 valence electrons. The second-order valence-electron chi connectivity index (χ2n) is 4.70. The van der Waals surface area contributed by atoms with Crippen molar-refractivity contribution in [1.82, 2.24) is 10.2 Å². The van der Waals surface area contributed by atoms with Crippen LogP contribution in [-0.4, -0.2) is 31.6 Å². The van der Waals surface area contributed by atoms with Crippen LogP contribution in [0.4, 0.5) is 4.39 Å². The lowest BCUT2D eigenvalue weighted by atomic mass is 10.1. The van der Waals surface area contributed by atoms with Crippen LogP contribution in [0.1, 0.15) is 12.0 Å². The van der Waals surface area contributed by atoms with E-state index < -0.39 is 0 Å². The quantitative estimate of drug-likeness (QED) is 0.920. The van der Waals surface area contributed by atoms with Crippen LogP contribution in [-0.2, 0) is 6.54 Å². The lowest BCUT2D eigenvalue weighted by molar-refractivity contribution is 0.315. The third-order valence-corrected chi connectivity index (χ3v) is 3.90. The molecule has 1 unspecified atom stereocenters. The summed E-state index contributed by atoms with van der Waals surface area (Å²) in [6.07, 6.45) is 1.24. The maximum atomic E-state index is 13.4. The molecule has 0 aliphatic carbocycles. The van der Waals surface area contributed by atoms with Crippen molar-refractivity contribution in [3.05, 3.63) is 34.1 Å². The van der Waals surface area contributed by atoms with Crippen LogP contribution in [0.2, 0.25) is 0 Å². The van der Waals surface area contributed by atoms with Crippen LogP contribution in [0.5, 0.6) is 0 Å². The number of hydrogen-bond donors (Lipinski definition) is 1. The van der Waals surface area contributed by atoms with E-state index in [4.69, 9.17) is 0 Å². The molecule has 2 nitrogen and oxygen atoms in total. The molecule has 0 radical (unpaired) electrons. The minimum absolute atomic E-state index is 0.173. The molecule has 1 aliphatic rings. The number of benzene rings is 1. The van der Waals surface area contributed by atoms with Gasteiger partial charge in [-0.1, -0.05) is 6.07 Å². The van der Waals surface area contributed by atoms with Gasteiger partial charge in [0.05, 0.1) is 4.47 Å². The second-order valence-corrected chi connectivity index (χ2v) is 5.55. The van der Waals surface area contributed by atoms with Crippen molar-refractivity contribution in [2.45, 2.75) is 13.0 Å². The fourth-order valence-electron chi connectivity index (χ4n) is 2.41. The van der Waals surface area contributed by atoms with E-state index in [0.717, 1.165) is 37.7 Å². The maximum absolute atomic E-state index is 13.4. The van der Waals surface area contributed by atoms with E-state index in [0.29, 0.717) is 4.47 Å². The monoisotopic (exact) mass is 300 g/mol. The Morgan fingerprint density at radius 3 is 3.06 bits per heavy atom. The van der Waals surface area contributed by atoms with Gasteiger partial charge in [0.15, 0.2) is 0 Å².